The summed E-state index contributed by atoms with van der Waals surface area (Å²) in [6, 6.07) is 8.03. The Bertz CT molecular complexity index is 1140. The molecule has 38 heavy (non-hydrogen) atoms. The molecular weight excluding hydrogens is 495 g/mol. The van der Waals surface area contributed by atoms with Crippen LogP contribution >= 0.6 is 0 Å². The first-order valence-electron chi connectivity index (χ1n) is 13.6. The van der Waals surface area contributed by atoms with Gasteiger partial charge in [-0.2, -0.15) is 10.2 Å². The van der Waals surface area contributed by atoms with Crippen molar-refractivity contribution in [2.45, 2.75) is 70.4 Å². The maximum atomic E-state index is 12.7. The summed E-state index contributed by atoms with van der Waals surface area (Å²) < 4.78 is 42.3. The van der Waals surface area contributed by atoms with E-state index in [1.807, 2.05) is 0 Å². The van der Waals surface area contributed by atoms with Crippen molar-refractivity contribution >= 4 is 11.8 Å². The third-order valence-electron chi connectivity index (χ3n) is 8.60. The van der Waals surface area contributed by atoms with Crippen LogP contribution in [0.5, 0.6) is 5.75 Å². The zero-order valence-electron chi connectivity index (χ0n) is 21.3. The number of aromatic nitrogens is 2. The first-order chi connectivity index (χ1) is 18.3. The van der Waals surface area contributed by atoms with Gasteiger partial charge >= 0.3 is 6.36 Å². The molecule has 5 rings (SSSR count). The minimum absolute atomic E-state index is 0.0286. The number of benzene rings is 1. The zero-order valence-corrected chi connectivity index (χ0v) is 21.3. The standard InChI is InChI=1S/C28H34F3N5O2/c29-28(30,31)38-24-7-2-1-4-21(24)15-34-27-35-16-22(13-32)26(36-27)33-14-17-10-18-5-3-6-19(11-17)25(18)20-8-9-23(37)12-20/h1-2,4,7,16-20,23,25,37H,3,5-6,8-12,14-15H2,(H2,33,34,35,36)/t17?,18-,19+,20?,23?,25?. The highest BCUT2D eigenvalue weighted by molar-refractivity contribution is 5.53. The van der Waals surface area contributed by atoms with Gasteiger partial charge in [-0.15, -0.1) is 13.2 Å². The Hall–Kier alpha value is -3.06. The topological polar surface area (TPSA) is 103 Å². The molecule has 3 aliphatic carbocycles. The Kier molecular flexibility index (Phi) is 7.93. The van der Waals surface area contributed by atoms with Crippen molar-refractivity contribution in [1.82, 2.24) is 9.97 Å². The van der Waals surface area contributed by atoms with E-state index in [0.717, 1.165) is 38.0 Å². The van der Waals surface area contributed by atoms with E-state index >= 15 is 0 Å². The number of halogens is 3. The van der Waals surface area contributed by atoms with Crippen molar-refractivity contribution in [2.75, 3.05) is 17.2 Å². The lowest BCUT2D eigenvalue weighted by Gasteiger charge is -2.48. The van der Waals surface area contributed by atoms with E-state index < -0.39 is 6.36 Å². The van der Waals surface area contributed by atoms with Crippen LogP contribution in [0, 0.1) is 40.9 Å². The Balaban J connectivity index is 1.21. The predicted octanol–water partition coefficient (Wildman–Crippen LogP) is 5.87. The lowest BCUT2D eigenvalue weighted by molar-refractivity contribution is -0.274. The molecule has 10 heteroatoms. The molecule has 7 nitrogen and oxygen atoms in total. The van der Waals surface area contributed by atoms with Crippen molar-refractivity contribution in [3.63, 3.8) is 0 Å². The maximum absolute atomic E-state index is 12.7. The van der Waals surface area contributed by atoms with Gasteiger partial charge < -0.3 is 20.5 Å². The number of ether oxygens (including phenoxy) is 1. The van der Waals surface area contributed by atoms with E-state index in [4.69, 9.17) is 0 Å². The molecule has 1 heterocycles. The largest absolute Gasteiger partial charge is 0.573 e. The maximum Gasteiger partial charge on any atom is 0.573 e. The molecule has 0 radical (unpaired) electrons. The first kappa shape index (κ1) is 26.5. The third-order valence-corrected chi connectivity index (χ3v) is 8.60. The fourth-order valence-corrected chi connectivity index (χ4v) is 7.17. The molecule has 1 aromatic carbocycles. The summed E-state index contributed by atoms with van der Waals surface area (Å²) in [7, 11) is 0. The van der Waals surface area contributed by atoms with Crippen LogP contribution < -0.4 is 15.4 Å². The van der Waals surface area contributed by atoms with Gasteiger partial charge in [0, 0.05) is 18.7 Å². The zero-order chi connectivity index (χ0) is 26.7. The van der Waals surface area contributed by atoms with E-state index in [1.165, 1.54) is 43.7 Å². The number of fused-ring (bicyclic) bond motifs is 2. The summed E-state index contributed by atoms with van der Waals surface area (Å²) in [6.45, 7) is 0.737. The number of anilines is 2. The monoisotopic (exact) mass is 529 g/mol. The molecule has 0 amide bonds. The summed E-state index contributed by atoms with van der Waals surface area (Å²) >= 11 is 0. The number of rotatable bonds is 8. The second-order valence-electron chi connectivity index (χ2n) is 11.1. The number of hydrogen-bond acceptors (Lipinski definition) is 7. The molecule has 3 N–H and O–H groups in total. The van der Waals surface area contributed by atoms with Crippen molar-refractivity contribution < 1.29 is 23.0 Å². The summed E-state index contributed by atoms with van der Waals surface area (Å²) in [5.74, 6) is 3.62. The molecule has 1 aromatic heterocycles. The number of aliphatic hydroxyl groups excluding tert-OH is 1. The quantitative estimate of drug-likeness (QED) is 0.393. The van der Waals surface area contributed by atoms with Crippen LogP contribution in [0.4, 0.5) is 24.9 Å². The lowest BCUT2D eigenvalue weighted by atomic mass is 9.57. The Morgan fingerprint density at radius 1 is 1.03 bits per heavy atom. The van der Waals surface area contributed by atoms with Crippen molar-refractivity contribution in [1.29, 1.82) is 5.26 Å². The van der Waals surface area contributed by atoms with Crippen LogP contribution in [0.15, 0.2) is 30.5 Å². The number of hydrogen-bond donors (Lipinski definition) is 3. The smallest absolute Gasteiger partial charge is 0.405 e. The highest BCUT2D eigenvalue weighted by Gasteiger charge is 2.45. The van der Waals surface area contributed by atoms with Crippen LogP contribution in [-0.4, -0.2) is 34.1 Å². The number of para-hydroxylation sites is 1. The summed E-state index contributed by atoms with van der Waals surface area (Å²) in [5, 5.41) is 26.0. The van der Waals surface area contributed by atoms with E-state index in [-0.39, 0.29) is 24.3 Å². The normalized spacial score (nSPS) is 28.9. The number of alkyl halides is 3. The minimum Gasteiger partial charge on any atom is -0.405 e. The molecule has 0 spiro atoms. The highest BCUT2D eigenvalue weighted by Crippen LogP contribution is 2.53. The number of nitrogens with zero attached hydrogens (tertiary/aromatic N) is 3. The molecule has 3 fully saturated rings. The fraction of sp³-hybridized carbons (Fsp3) is 0.607. The molecule has 2 aromatic rings. The molecule has 204 valence electrons. The van der Waals surface area contributed by atoms with Gasteiger partial charge in [0.2, 0.25) is 5.95 Å². The summed E-state index contributed by atoms with van der Waals surface area (Å²) in [4.78, 5) is 8.62. The first-order valence-corrected chi connectivity index (χ1v) is 13.6. The second kappa shape index (κ2) is 11.4. The Labute approximate surface area is 220 Å². The molecule has 3 aliphatic rings. The summed E-state index contributed by atoms with van der Waals surface area (Å²) in [5.41, 5.74) is 0.635. The van der Waals surface area contributed by atoms with E-state index in [0.29, 0.717) is 47.2 Å². The van der Waals surface area contributed by atoms with E-state index in [2.05, 4.69) is 31.4 Å². The van der Waals surface area contributed by atoms with Crippen molar-refractivity contribution in [2.24, 2.45) is 29.6 Å². The second-order valence-corrected chi connectivity index (χ2v) is 11.1. The molecular formula is C28H34F3N5O2. The molecule has 3 saturated carbocycles. The summed E-state index contributed by atoms with van der Waals surface area (Å²) in [6.07, 6.45) is 5.65. The van der Waals surface area contributed by atoms with Gasteiger partial charge in [-0.25, -0.2) is 4.98 Å². The molecule has 0 aliphatic heterocycles. The van der Waals surface area contributed by atoms with Gasteiger partial charge in [0.15, 0.2) is 0 Å². The minimum atomic E-state index is -4.78. The number of nitrogens with one attached hydrogen (secondary N) is 2. The van der Waals surface area contributed by atoms with Crippen molar-refractivity contribution in [3.8, 4) is 11.8 Å². The fourth-order valence-electron chi connectivity index (χ4n) is 7.17. The van der Waals surface area contributed by atoms with Gasteiger partial charge in [0.25, 0.3) is 0 Å². The highest BCUT2D eigenvalue weighted by atomic mass is 19.4. The number of nitriles is 1. The van der Waals surface area contributed by atoms with Crippen LogP contribution in [0.25, 0.3) is 0 Å². The van der Waals surface area contributed by atoms with Crippen LogP contribution in [-0.2, 0) is 6.54 Å². The molecule has 6 atom stereocenters. The molecule has 2 bridgehead atoms. The predicted molar refractivity (Wildman–Crippen MR) is 136 cm³/mol. The average Bonchev–Trinajstić information content (AvgIpc) is 3.31. The van der Waals surface area contributed by atoms with Crippen LogP contribution in [0.3, 0.4) is 0 Å². The van der Waals surface area contributed by atoms with Crippen LogP contribution in [0.2, 0.25) is 0 Å². The SMILES string of the molecule is N#Cc1cnc(NCc2ccccc2OC(F)(F)F)nc1NCC1C[C@H]2CCC[C@@H](C1)C2C1CCC(O)C1. The molecule has 4 unspecified atom stereocenters. The van der Waals surface area contributed by atoms with Gasteiger partial charge in [-0.3, -0.25) is 0 Å². The third kappa shape index (κ3) is 6.32. The van der Waals surface area contributed by atoms with Gasteiger partial charge in [-0.1, -0.05) is 37.5 Å². The van der Waals surface area contributed by atoms with Gasteiger partial charge in [-0.05, 0) is 67.8 Å². The Morgan fingerprint density at radius 3 is 2.45 bits per heavy atom. The van der Waals surface area contributed by atoms with Gasteiger partial charge in [0.05, 0.1) is 12.3 Å². The lowest BCUT2D eigenvalue weighted by Crippen LogP contribution is -2.41. The van der Waals surface area contributed by atoms with Crippen LogP contribution in [0.1, 0.15) is 62.5 Å². The Morgan fingerprint density at radius 2 is 1.76 bits per heavy atom. The number of aliphatic hydroxyl groups is 1. The van der Waals surface area contributed by atoms with E-state index in [1.54, 1.807) is 6.07 Å². The average molecular weight is 530 g/mol. The molecule has 0 saturated heterocycles. The van der Waals surface area contributed by atoms with Gasteiger partial charge in [0.1, 0.15) is 23.2 Å². The van der Waals surface area contributed by atoms with E-state index in [9.17, 15) is 23.5 Å². The van der Waals surface area contributed by atoms with Crippen molar-refractivity contribution in [3.05, 3.63) is 41.6 Å².